The van der Waals surface area contributed by atoms with Crippen molar-refractivity contribution in [3.8, 4) is 6.07 Å². The first-order chi connectivity index (χ1) is 11.9. The van der Waals surface area contributed by atoms with Gasteiger partial charge < -0.3 is 0 Å². The molecule has 0 N–H and O–H groups in total. The Morgan fingerprint density at radius 1 is 0.500 bits per heavy atom. The van der Waals surface area contributed by atoms with Gasteiger partial charge in [0.25, 0.3) is 0 Å². The lowest BCUT2D eigenvalue weighted by Gasteiger charge is -2.03. The molecule has 0 fully saturated rings. The highest BCUT2D eigenvalue weighted by atomic mass is 14.2. The van der Waals surface area contributed by atoms with Gasteiger partial charge in [0.2, 0.25) is 0 Å². The highest BCUT2D eigenvalue weighted by Gasteiger charge is 1.95. The molecule has 0 rings (SSSR count). The van der Waals surface area contributed by atoms with E-state index in [9.17, 15) is 0 Å². The predicted molar refractivity (Wildman–Crippen MR) is 108 cm³/mol. The van der Waals surface area contributed by atoms with Crippen molar-refractivity contribution < 1.29 is 0 Å². The summed E-state index contributed by atoms with van der Waals surface area (Å²) in [6.45, 7) is 2.29. The molecule has 0 amide bonds. The van der Waals surface area contributed by atoms with Crippen LogP contribution < -0.4 is 0 Å². The summed E-state index contributed by atoms with van der Waals surface area (Å²) in [5, 5.41) is 8.41. The summed E-state index contributed by atoms with van der Waals surface area (Å²) in [5.74, 6) is 0. The number of rotatable bonds is 20. The summed E-state index contributed by atoms with van der Waals surface area (Å²) in [6, 6.07) is 2.10. The molecule has 1 radical (unpaired) electrons. The minimum absolute atomic E-state index is 0.982. The summed E-state index contributed by atoms with van der Waals surface area (Å²) in [4.78, 5) is 0. The number of hydrogen-bond acceptors (Lipinski definition) is 1. The monoisotopic (exact) mass is 334 g/mol. The van der Waals surface area contributed by atoms with Crippen LogP contribution in [0.4, 0.5) is 0 Å². The van der Waals surface area contributed by atoms with Gasteiger partial charge in [-0.2, -0.15) is 5.26 Å². The Balaban J connectivity index is 2.94. The molecule has 0 aliphatic carbocycles. The van der Waals surface area contributed by atoms with Crippen LogP contribution in [0.25, 0.3) is 0 Å². The van der Waals surface area contributed by atoms with Crippen molar-refractivity contribution in [2.45, 2.75) is 135 Å². The third kappa shape index (κ3) is 21.5. The van der Waals surface area contributed by atoms with E-state index in [4.69, 9.17) is 5.26 Å². The zero-order chi connectivity index (χ0) is 17.6. The maximum Gasteiger partial charge on any atom is 0.0669 e. The largest absolute Gasteiger partial charge is 0.198 e. The van der Waals surface area contributed by atoms with Gasteiger partial charge in [-0.3, -0.25) is 0 Å². The molecule has 0 aliphatic heterocycles. The van der Waals surface area contributed by atoms with Crippen LogP contribution in [-0.2, 0) is 0 Å². The maximum atomic E-state index is 8.41. The van der Waals surface area contributed by atoms with Crippen LogP contribution in [0, 0.1) is 17.8 Å². The van der Waals surface area contributed by atoms with Crippen LogP contribution >= 0.6 is 0 Å². The molecule has 0 bridgehead atoms. The van der Waals surface area contributed by atoms with Crippen LogP contribution in [-0.4, -0.2) is 0 Å². The lowest BCUT2D eigenvalue weighted by atomic mass is 10.0. The van der Waals surface area contributed by atoms with Crippen molar-refractivity contribution in [3.05, 3.63) is 6.42 Å². The van der Waals surface area contributed by atoms with E-state index in [1.165, 1.54) is 122 Å². The van der Waals surface area contributed by atoms with Crippen LogP contribution in [0.5, 0.6) is 0 Å². The molecule has 0 spiro atoms. The fourth-order valence-corrected chi connectivity index (χ4v) is 3.39. The molecule has 24 heavy (non-hydrogen) atoms. The minimum Gasteiger partial charge on any atom is -0.198 e. The van der Waals surface area contributed by atoms with E-state index in [1.807, 2.05) is 0 Å². The fraction of sp³-hybridized carbons (Fsp3) is 0.913. The second-order valence-electron chi connectivity index (χ2n) is 7.49. The average Bonchev–Trinajstić information content (AvgIpc) is 2.60. The van der Waals surface area contributed by atoms with Crippen LogP contribution in [0.3, 0.4) is 0 Å². The molecule has 0 atom stereocenters. The lowest BCUT2D eigenvalue weighted by molar-refractivity contribution is 0.523. The molecule has 0 saturated heterocycles. The van der Waals surface area contributed by atoms with Gasteiger partial charge in [-0.1, -0.05) is 129 Å². The Morgan fingerprint density at radius 2 is 0.792 bits per heavy atom. The van der Waals surface area contributed by atoms with Crippen molar-refractivity contribution in [1.29, 1.82) is 5.26 Å². The van der Waals surface area contributed by atoms with E-state index in [0.29, 0.717) is 0 Å². The lowest BCUT2D eigenvalue weighted by Crippen LogP contribution is -1.84. The van der Waals surface area contributed by atoms with Gasteiger partial charge in [0.05, 0.1) is 12.5 Å². The Hall–Kier alpha value is -0.510. The first-order valence-electron chi connectivity index (χ1n) is 11.1. The molecule has 0 saturated carbocycles. The quantitative estimate of drug-likeness (QED) is 0.205. The Kier molecular flexibility index (Phi) is 22.0. The molecule has 0 heterocycles. The third-order valence-corrected chi connectivity index (χ3v) is 5.04. The summed E-state index contributed by atoms with van der Waals surface area (Å²) >= 11 is 0. The highest BCUT2D eigenvalue weighted by molar-refractivity contribution is 4.90. The minimum atomic E-state index is 0.982. The molecule has 0 unspecified atom stereocenters. The number of nitrogens with zero attached hydrogens (tertiary/aromatic N) is 1. The molecule has 0 aromatic carbocycles. The fourth-order valence-electron chi connectivity index (χ4n) is 3.39. The van der Waals surface area contributed by atoms with Gasteiger partial charge >= 0.3 is 0 Å². The van der Waals surface area contributed by atoms with Crippen molar-refractivity contribution >= 4 is 0 Å². The third-order valence-electron chi connectivity index (χ3n) is 5.04. The Morgan fingerprint density at radius 3 is 1.08 bits per heavy atom. The molecule has 0 aliphatic rings. The van der Waals surface area contributed by atoms with Crippen molar-refractivity contribution in [3.63, 3.8) is 0 Å². The summed E-state index contributed by atoms with van der Waals surface area (Å²) in [5.41, 5.74) is 0. The molecule has 1 heteroatoms. The van der Waals surface area contributed by atoms with E-state index < -0.39 is 0 Å². The van der Waals surface area contributed by atoms with Crippen LogP contribution in [0.2, 0.25) is 0 Å². The predicted octanol–water partition coefficient (Wildman–Crippen LogP) is 8.54. The standard InChI is InChI=1S/C23H44N/c1-2-3-4-5-6-7-8-9-10-11-12-13-14-15-16-17-18-19-20-21-22-23-24/h22H,2-21H2,1H3. The van der Waals surface area contributed by atoms with Gasteiger partial charge in [0, 0.05) is 0 Å². The zero-order valence-corrected chi connectivity index (χ0v) is 16.7. The van der Waals surface area contributed by atoms with Gasteiger partial charge in [0.15, 0.2) is 0 Å². The van der Waals surface area contributed by atoms with Crippen molar-refractivity contribution in [2.24, 2.45) is 0 Å². The van der Waals surface area contributed by atoms with Crippen LogP contribution in [0.15, 0.2) is 0 Å². The number of unbranched alkanes of at least 4 members (excludes halogenated alkanes) is 20. The normalized spacial score (nSPS) is 10.8. The number of nitriles is 1. The Bertz CT molecular complexity index is 253. The van der Waals surface area contributed by atoms with Gasteiger partial charge in [-0.15, -0.1) is 0 Å². The molecular weight excluding hydrogens is 290 g/mol. The van der Waals surface area contributed by atoms with Gasteiger partial charge in [0.1, 0.15) is 0 Å². The zero-order valence-electron chi connectivity index (χ0n) is 16.7. The van der Waals surface area contributed by atoms with E-state index in [-0.39, 0.29) is 0 Å². The molecule has 1 nitrogen and oxygen atoms in total. The Labute approximate surface area is 153 Å². The van der Waals surface area contributed by atoms with E-state index in [2.05, 4.69) is 13.0 Å². The van der Waals surface area contributed by atoms with Gasteiger partial charge in [-0.05, 0) is 6.42 Å². The second-order valence-corrected chi connectivity index (χ2v) is 7.49. The van der Waals surface area contributed by atoms with E-state index in [0.717, 1.165) is 6.42 Å². The molecule has 0 aromatic rings. The van der Waals surface area contributed by atoms with E-state index in [1.54, 1.807) is 6.42 Å². The summed E-state index contributed by atoms with van der Waals surface area (Å²) in [6.07, 6.45) is 29.7. The van der Waals surface area contributed by atoms with Gasteiger partial charge in [-0.25, -0.2) is 0 Å². The molecule has 141 valence electrons. The van der Waals surface area contributed by atoms with Crippen molar-refractivity contribution in [1.82, 2.24) is 0 Å². The smallest absolute Gasteiger partial charge is 0.0669 e. The summed E-state index contributed by atoms with van der Waals surface area (Å²) in [7, 11) is 0. The first-order valence-corrected chi connectivity index (χ1v) is 11.1. The number of hydrogen-bond donors (Lipinski definition) is 0. The maximum absolute atomic E-state index is 8.41. The first kappa shape index (κ1) is 23.5. The van der Waals surface area contributed by atoms with Crippen LogP contribution in [0.1, 0.15) is 135 Å². The SMILES string of the molecule is CCCCCCCCCCCCCCCCCCCCC[CH]C#N. The molecule has 0 aromatic heterocycles. The topological polar surface area (TPSA) is 23.8 Å². The van der Waals surface area contributed by atoms with Crippen molar-refractivity contribution in [2.75, 3.05) is 0 Å². The summed E-state index contributed by atoms with van der Waals surface area (Å²) < 4.78 is 0. The molecular formula is C23H44N. The highest BCUT2D eigenvalue weighted by Crippen LogP contribution is 2.14. The second kappa shape index (κ2) is 22.5. The van der Waals surface area contributed by atoms with E-state index >= 15 is 0 Å². The average molecular weight is 335 g/mol.